The van der Waals surface area contributed by atoms with Crippen molar-refractivity contribution in [2.24, 2.45) is 0 Å². The van der Waals surface area contributed by atoms with Crippen LogP contribution in [0.1, 0.15) is 28.9 Å². The number of amides is 3. The Morgan fingerprint density at radius 2 is 2.03 bits per heavy atom. The van der Waals surface area contributed by atoms with E-state index in [-0.39, 0.29) is 29.8 Å². The molecular weight excluding hydrogens is 406 g/mol. The quantitative estimate of drug-likeness (QED) is 0.630. The van der Waals surface area contributed by atoms with Crippen molar-refractivity contribution in [2.45, 2.75) is 25.8 Å². The zero-order chi connectivity index (χ0) is 21.0. The van der Waals surface area contributed by atoms with Gasteiger partial charge in [-0.25, -0.2) is 9.97 Å². The number of imide groups is 1. The zero-order valence-corrected chi connectivity index (χ0v) is 16.7. The Bertz CT molecular complexity index is 1260. The maximum Gasteiger partial charge on any atom is 0.261 e. The van der Waals surface area contributed by atoms with E-state index in [1.165, 1.54) is 4.90 Å². The average molecular weight is 422 g/mol. The first-order chi connectivity index (χ1) is 14.4. The number of aryl methyl sites for hydroxylation is 1. The Balaban J connectivity index is 1.62. The van der Waals surface area contributed by atoms with Crippen LogP contribution in [0, 0.1) is 6.92 Å². The summed E-state index contributed by atoms with van der Waals surface area (Å²) in [4.78, 5) is 47.5. The number of nitrogens with zero attached hydrogens (tertiary/aromatic N) is 3. The van der Waals surface area contributed by atoms with Crippen LogP contribution in [0.2, 0.25) is 5.15 Å². The smallest absolute Gasteiger partial charge is 0.261 e. The Labute approximate surface area is 176 Å². The third-order valence-electron chi connectivity index (χ3n) is 5.34. The van der Waals surface area contributed by atoms with E-state index in [4.69, 9.17) is 11.6 Å². The highest BCUT2D eigenvalue weighted by Gasteiger charge is 2.41. The van der Waals surface area contributed by atoms with Gasteiger partial charge in [0.1, 0.15) is 6.04 Å². The molecular formula is C21H16ClN5O3. The summed E-state index contributed by atoms with van der Waals surface area (Å²) in [6.45, 7) is 1.78. The molecule has 30 heavy (non-hydrogen) atoms. The molecule has 0 radical (unpaired) electrons. The van der Waals surface area contributed by atoms with E-state index >= 15 is 0 Å². The molecule has 2 aliphatic heterocycles. The molecule has 8 nitrogen and oxygen atoms in total. The first-order valence-corrected chi connectivity index (χ1v) is 9.81. The maximum absolute atomic E-state index is 13.5. The first-order valence-electron chi connectivity index (χ1n) is 9.43. The molecule has 1 unspecified atom stereocenters. The molecule has 2 aromatic carbocycles. The molecule has 9 heteroatoms. The molecule has 3 aromatic rings. The van der Waals surface area contributed by atoms with E-state index in [2.05, 4.69) is 20.6 Å². The molecule has 3 amide bonds. The largest absolute Gasteiger partial charge is 0.337 e. The number of aromatic nitrogens is 2. The van der Waals surface area contributed by atoms with Crippen molar-refractivity contribution in [1.29, 1.82) is 0 Å². The zero-order valence-electron chi connectivity index (χ0n) is 15.9. The molecule has 0 aliphatic carbocycles. The number of carbonyl (C=O) groups is 3. The third-order valence-corrected chi connectivity index (χ3v) is 5.60. The van der Waals surface area contributed by atoms with E-state index in [1.54, 1.807) is 19.2 Å². The predicted octanol–water partition coefficient (Wildman–Crippen LogP) is 3.10. The summed E-state index contributed by atoms with van der Waals surface area (Å²) in [6, 6.07) is 8.49. The van der Waals surface area contributed by atoms with Gasteiger partial charge in [-0.3, -0.25) is 24.6 Å². The lowest BCUT2D eigenvalue weighted by atomic mass is 10.0. The molecule has 1 aromatic heterocycles. The number of piperidine rings is 1. The van der Waals surface area contributed by atoms with Crippen molar-refractivity contribution < 1.29 is 14.4 Å². The highest BCUT2D eigenvalue weighted by atomic mass is 35.5. The molecule has 1 atom stereocenters. The number of nitrogens with one attached hydrogen (secondary N) is 2. The minimum atomic E-state index is -0.746. The van der Waals surface area contributed by atoms with Crippen LogP contribution in [-0.4, -0.2) is 33.7 Å². The normalized spacial score (nSPS) is 18.1. The predicted molar refractivity (Wildman–Crippen MR) is 112 cm³/mol. The number of benzene rings is 2. The van der Waals surface area contributed by atoms with E-state index in [9.17, 15) is 14.4 Å². The number of hydrogen-bond acceptors (Lipinski definition) is 6. The van der Waals surface area contributed by atoms with Gasteiger partial charge in [-0.15, -0.1) is 0 Å². The minimum Gasteiger partial charge on any atom is -0.337 e. The molecule has 2 aliphatic rings. The molecule has 0 bridgehead atoms. The summed E-state index contributed by atoms with van der Waals surface area (Å²) >= 11 is 6.21. The van der Waals surface area contributed by atoms with Gasteiger partial charge in [0, 0.05) is 11.8 Å². The van der Waals surface area contributed by atoms with Crippen molar-refractivity contribution in [2.75, 3.05) is 10.2 Å². The fraction of sp³-hybridized carbons (Fsp3) is 0.190. The number of rotatable bonds is 3. The Kier molecular flexibility index (Phi) is 4.18. The number of carbonyl (C=O) groups excluding carboxylic acids is 3. The van der Waals surface area contributed by atoms with Gasteiger partial charge in [0.05, 0.1) is 28.8 Å². The SMILES string of the molecule is Cc1cnc(Nc2ccc3cccc4c3c2C(=O)N4C2CCC(=O)NC2=O)c(Cl)n1. The van der Waals surface area contributed by atoms with Crippen LogP contribution in [0.3, 0.4) is 0 Å². The molecule has 3 heterocycles. The van der Waals surface area contributed by atoms with E-state index < -0.39 is 11.9 Å². The summed E-state index contributed by atoms with van der Waals surface area (Å²) in [5.74, 6) is -0.766. The molecule has 1 saturated heterocycles. The Hall–Kier alpha value is -3.52. The van der Waals surface area contributed by atoms with Crippen molar-refractivity contribution in [3.05, 3.63) is 52.9 Å². The van der Waals surface area contributed by atoms with Gasteiger partial charge in [0.25, 0.3) is 5.91 Å². The van der Waals surface area contributed by atoms with Gasteiger partial charge in [0.15, 0.2) is 11.0 Å². The van der Waals surface area contributed by atoms with Crippen molar-refractivity contribution >= 4 is 57.3 Å². The van der Waals surface area contributed by atoms with Crippen molar-refractivity contribution in [3.63, 3.8) is 0 Å². The van der Waals surface area contributed by atoms with Gasteiger partial charge in [-0.1, -0.05) is 29.8 Å². The van der Waals surface area contributed by atoms with Crippen LogP contribution in [0.15, 0.2) is 36.5 Å². The lowest BCUT2D eigenvalue weighted by Gasteiger charge is -2.30. The minimum absolute atomic E-state index is 0.187. The lowest BCUT2D eigenvalue weighted by Crippen LogP contribution is -2.53. The second-order valence-electron chi connectivity index (χ2n) is 7.28. The van der Waals surface area contributed by atoms with Gasteiger partial charge in [-0.05, 0) is 30.9 Å². The van der Waals surface area contributed by atoms with Crippen LogP contribution < -0.4 is 15.5 Å². The second-order valence-corrected chi connectivity index (χ2v) is 7.64. The van der Waals surface area contributed by atoms with Crippen LogP contribution in [0.4, 0.5) is 17.2 Å². The summed E-state index contributed by atoms with van der Waals surface area (Å²) in [7, 11) is 0. The topological polar surface area (TPSA) is 104 Å². The molecule has 1 fully saturated rings. The van der Waals surface area contributed by atoms with Crippen LogP contribution in [0.25, 0.3) is 10.8 Å². The van der Waals surface area contributed by atoms with Gasteiger partial charge in [0.2, 0.25) is 11.8 Å². The summed E-state index contributed by atoms with van der Waals surface area (Å²) in [6.07, 6.45) is 2.04. The standard InChI is InChI=1S/C21H16ClN5O3/c1-10-9-23-19(18(22)24-10)25-12-6-5-11-3-2-4-13-16(11)17(12)21(30)27(13)14-7-8-15(28)26-20(14)29/h2-6,9,14H,7-8H2,1H3,(H,23,25)(H,26,28,29). The Morgan fingerprint density at radius 1 is 1.20 bits per heavy atom. The number of hydrogen-bond donors (Lipinski definition) is 2. The van der Waals surface area contributed by atoms with E-state index in [0.29, 0.717) is 28.5 Å². The lowest BCUT2D eigenvalue weighted by molar-refractivity contribution is -0.134. The van der Waals surface area contributed by atoms with Gasteiger partial charge >= 0.3 is 0 Å². The third kappa shape index (κ3) is 2.80. The molecule has 5 rings (SSSR count). The fourth-order valence-corrected chi connectivity index (χ4v) is 4.24. The van der Waals surface area contributed by atoms with Crippen LogP contribution >= 0.6 is 11.6 Å². The summed E-state index contributed by atoms with van der Waals surface area (Å²) in [5.41, 5.74) is 2.28. The number of halogens is 1. The van der Waals surface area contributed by atoms with Crippen molar-refractivity contribution in [3.8, 4) is 0 Å². The first kappa shape index (κ1) is 18.5. The van der Waals surface area contributed by atoms with Crippen molar-refractivity contribution in [1.82, 2.24) is 15.3 Å². The summed E-state index contributed by atoms with van der Waals surface area (Å²) < 4.78 is 0. The Morgan fingerprint density at radius 3 is 2.80 bits per heavy atom. The second kappa shape index (κ2) is 6.77. The maximum atomic E-state index is 13.5. The summed E-state index contributed by atoms with van der Waals surface area (Å²) in [5, 5.41) is 7.25. The number of anilines is 3. The monoisotopic (exact) mass is 421 g/mol. The average Bonchev–Trinajstić information content (AvgIpc) is 3.00. The van der Waals surface area contributed by atoms with Crippen LogP contribution in [0.5, 0.6) is 0 Å². The highest BCUT2D eigenvalue weighted by molar-refractivity contribution is 6.32. The van der Waals surface area contributed by atoms with E-state index in [0.717, 1.165) is 10.8 Å². The molecule has 0 saturated carbocycles. The molecule has 150 valence electrons. The molecule has 0 spiro atoms. The highest BCUT2D eigenvalue weighted by Crippen LogP contribution is 2.43. The molecule has 2 N–H and O–H groups in total. The van der Waals surface area contributed by atoms with Crippen LogP contribution in [-0.2, 0) is 9.59 Å². The van der Waals surface area contributed by atoms with E-state index in [1.807, 2.05) is 24.3 Å². The van der Waals surface area contributed by atoms with Gasteiger partial charge < -0.3 is 5.32 Å². The van der Waals surface area contributed by atoms with Gasteiger partial charge in [-0.2, -0.15) is 0 Å². The fourth-order valence-electron chi connectivity index (χ4n) is 4.01.